The summed E-state index contributed by atoms with van der Waals surface area (Å²) in [6, 6.07) is 0. The molecular formula is C75H130O6. The molecule has 0 aliphatic heterocycles. The zero-order chi connectivity index (χ0) is 58.5. The number of allylic oxidation sites excluding steroid dienone is 16. The van der Waals surface area contributed by atoms with Crippen LogP contribution >= 0.6 is 0 Å². The molecule has 0 fully saturated rings. The third-order valence-electron chi connectivity index (χ3n) is 15.1. The van der Waals surface area contributed by atoms with Gasteiger partial charge in [-0.25, -0.2) is 0 Å². The summed E-state index contributed by atoms with van der Waals surface area (Å²) in [6.45, 7) is 6.53. The second kappa shape index (κ2) is 68.8. The number of ether oxygens (including phenoxy) is 3. The first kappa shape index (κ1) is 77.3. The fourth-order valence-corrected chi connectivity index (χ4v) is 9.89. The predicted molar refractivity (Wildman–Crippen MR) is 353 cm³/mol. The van der Waals surface area contributed by atoms with Crippen molar-refractivity contribution in [1.82, 2.24) is 0 Å². The Labute approximate surface area is 502 Å². The van der Waals surface area contributed by atoms with E-state index in [1.54, 1.807) is 0 Å². The lowest BCUT2D eigenvalue weighted by Gasteiger charge is -2.18. The van der Waals surface area contributed by atoms with E-state index in [0.717, 1.165) is 116 Å². The molecule has 0 N–H and O–H groups in total. The molecule has 0 amide bonds. The summed E-state index contributed by atoms with van der Waals surface area (Å²) in [5.41, 5.74) is 0. The van der Waals surface area contributed by atoms with Crippen LogP contribution in [0.4, 0.5) is 0 Å². The Balaban J connectivity index is 4.25. The molecule has 1 unspecified atom stereocenters. The molecule has 0 heterocycles. The lowest BCUT2D eigenvalue weighted by atomic mass is 10.0. The first-order valence-electron chi connectivity index (χ1n) is 34.7. The van der Waals surface area contributed by atoms with Gasteiger partial charge < -0.3 is 14.2 Å². The van der Waals surface area contributed by atoms with Crippen LogP contribution in [0.2, 0.25) is 0 Å². The smallest absolute Gasteiger partial charge is 0.306 e. The maximum absolute atomic E-state index is 12.9. The maximum Gasteiger partial charge on any atom is 0.306 e. The van der Waals surface area contributed by atoms with Gasteiger partial charge in [0.2, 0.25) is 0 Å². The van der Waals surface area contributed by atoms with Gasteiger partial charge in [0.05, 0.1) is 0 Å². The number of carbonyl (C=O) groups is 3. The van der Waals surface area contributed by atoms with Crippen LogP contribution in [0, 0.1) is 0 Å². The number of carbonyl (C=O) groups excluding carboxylic acids is 3. The molecule has 0 spiro atoms. The average Bonchev–Trinajstić information content (AvgIpc) is 3.47. The van der Waals surface area contributed by atoms with Gasteiger partial charge in [-0.1, -0.05) is 317 Å². The van der Waals surface area contributed by atoms with Gasteiger partial charge in [-0.3, -0.25) is 14.4 Å². The summed E-state index contributed by atoms with van der Waals surface area (Å²) in [5.74, 6) is -0.878. The van der Waals surface area contributed by atoms with E-state index in [-0.39, 0.29) is 31.1 Å². The Morgan fingerprint density at radius 1 is 0.259 bits per heavy atom. The Hall–Kier alpha value is -3.67. The minimum absolute atomic E-state index is 0.0799. The van der Waals surface area contributed by atoms with Crippen molar-refractivity contribution in [1.29, 1.82) is 0 Å². The Morgan fingerprint density at radius 2 is 0.481 bits per heavy atom. The highest BCUT2D eigenvalue weighted by atomic mass is 16.6. The van der Waals surface area contributed by atoms with Crippen molar-refractivity contribution in [3.05, 3.63) is 97.2 Å². The highest BCUT2D eigenvalue weighted by Crippen LogP contribution is 2.17. The van der Waals surface area contributed by atoms with Gasteiger partial charge in [-0.15, -0.1) is 0 Å². The Kier molecular flexibility index (Phi) is 65.7. The summed E-state index contributed by atoms with van der Waals surface area (Å²) in [5, 5.41) is 0. The zero-order valence-corrected chi connectivity index (χ0v) is 53.5. The minimum Gasteiger partial charge on any atom is -0.462 e. The molecule has 0 saturated heterocycles. The zero-order valence-electron chi connectivity index (χ0n) is 53.5. The largest absolute Gasteiger partial charge is 0.462 e. The van der Waals surface area contributed by atoms with Crippen molar-refractivity contribution >= 4 is 17.9 Å². The molecule has 6 heteroatoms. The van der Waals surface area contributed by atoms with Crippen molar-refractivity contribution < 1.29 is 28.6 Å². The van der Waals surface area contributed by atoms with Crippen molar-refractivity contribution in [2.75, 3.05) is 13.2 Å². The maximum atomic E-state index is 12.9. The summed E-state index contributed by atoms with van der Waals surface area (Å²) in [6.07, 6.45) is 92.9. The van der Waals surface area contributed by atoms with Crippen LogP contribution in [-0.2, 0) is 28.6 Å². The summed E-state index contributed by atoms with van der Waals surface area (Å²) in [7, 11) is 0. The predicted octanol–water partition coefficient (Wildman–Crippen LogP) is 24.0. The highest BCUT2D eigenvalue weighted by molar-refractivity contribution is 5.71. The van der Waals surface area contributed by atoms with Crippen molar-refractivity contribution in [3.8, 4) is 0 Å². The topological polar surface area (TPSA) is 78.9 Å². The van der Waals surface area contributed by atoms with Crippen LogP contribution in [0.15, 0.2) is 97.2 Å². The van der Waals surface area contributed by atoms with E-state index in [0.29, 0.717) is 19.3 Å². The third-order valence-corrected chi connectivity index (χ3v) is 15.1. The molecule has 0 aliphatic rings. The second-order valence-electron chi connectivity index (χ2n) is 23.1. The van der Waals surface area contributed by atoms with Crippen LogP contribution in [0.5, 0.6) is 0 Å². The lowest BCUT2D eigenvalue weighted by Crippen LogP contribution is -2.30. The third kappa shape index (κ3) is 67.0. The van der Waals surface area contributed by atoms with Gasteiger partial charge >= 0.3 is 17.9 Å². The lowest BCUT2D eigenvalue weighted by molar-refractivity contribution is -0.167. The van der Waals surface area contributed by atoms with Crippen LogP contribution in [0.1, 0.15) is 342 Å². The van der Waals surface area contributed by atoms with Gasteiger partial charge in [-0.2, -0.15) is 0 Å². The number of hydrogen-bond acceptors (Lipinski definition) is 6. The molecule has 0 aromatic rings. The van der Waals surface area contributed by atoms with E-state index in [9.17, 15) is 14.4 Å². The van der Waals surface area contributed by atoms with Gasteiger partial charge in [0.25, 0.3) is 0 Å². The first-order valence-corrected chi connectivity index (χ1v) is 34.7. The van der Waals surface area contributed by atoms with Crippen molar-refractivity contribution in [3.63, 3.8) is 0 Å². The van der Waals surface area contributed by atoms with Crippen LogP contribution in [0.3, 0.4) is 0 Å². The first-order chi connectivity index (χ1) is 40.0. The van der Waals surface area contributed by atoms with Crippen LogP contribution in [0.25, 0.3) is 0 Å². The number of unbranched alkanes of at least 4 members (excludes halogenated alkanes) is 36. The fraction of sp³-hybridized carbons (Fsp3) is 0.747. The molecule has 466 valence electrons. The molecule has 0 aromatic carbocycles. The van der Waals surface area contributed by atoms with Crippen LogP contribution < -0.4 is 0 Å². The van der Waals surface area contributed by atoms with Gasteiger partial charge in [0, 0.05) is 19.3 Å². The van der Waals surface area contributed by atoms with Crippen molar-refractivity contribution in [2.45, 2.75) is 348 Å². The number of rotatable bonds is 63. The van der Waals surface area contributed by atoms with Crippen molar-refractivity contribution in [2.24, 2.45) is 0 Å². The summed E-state index contributed by atoms with van der Waals surface area (Å²) >= 11 is 0. The second-order valence-corrected chi connectivity index (χ2v) is 23.1. The van der Waals surface area contributed by atoms with E-state index >= 15 is 0 Å². The normalized spacial score (nSPS) is 12.7. The summed E-state index contributed by atoms with van der Waals surface area (Å²) < 4.78 is 17.0. The molecule has 0 rings (SSSR count). The van der Waals surface area contributed by atoms with Gasteiger partial charge in [0.15, 0.2) is 6.10 Å². The van der Waals surface area contributed by atoms with E-state index in [4.69, 9.17) is 14.2 Å². The van der Waals surface area contributed by atoms with E-state index in [1.165, 1.54) is 186 Å². The molecule has 1 atom stereocenters. The molecule has 0 bridgehead atoms. The quantitative estimate of drug-likeness (QED) is 0.0261. The number of hydrogen-bond donors (Lipinski definition) is 0. The Morgan fingerprint density at radius 3 is 0.790 bits per heavy atom. The standard InChI is InChI=1S/C75H130O6/c1-4-7-10-13-16-19-22-25-27-29-31-33-34-35-36-37-38-39-40-41-42-43-45-46-48-50-53-56-59-62-65-68-74(77)80-71-72(70-79-73(76)67-64-61-58-55-52-24-21-18-15-12-9-6-3)81-75(78)69-66-63-60-57-54-51-49-47-44-32-30-28-26-23-20-17-14-11-8-5-2/h7,10,16,18-19,21,25,27,31,33,35-36,38-39,41-42,72H,4-6,8-9,11-15,17,20,22-24,26,28-30,32,34,37,40,43-71H2,1-3H3/b10-7-,19-16-,21-18-,27-25-,33-31-,36-35-,39-38-,42-41-. The molecule has 0 aliphatic carbocycles. The minimum atomic E-state index is -0.783. The molecule has 81 heavy (non-hydrogen) atoms. The SMILES string of the molecule is CC/C=C\C/C=C\C/C=C\C/C=C\C/C=C\C/C=C\C/C=C\CCCCCCCCCCCC(=O)OCC(COC(=O)CCCCCCC/C=C\CCCCC)OC(=O)CCCCCCCCCCCCCCCCCCCCCC. The molecule has 0 saturated carbocycles. The average molecular weight is 1130 g/mol. The van der Waals surface area contributed by atoms with E-state index in [1.807, 2.05) is 0 Å². The molecular weight excluding hydrogens is 997 g/mol. The highest BCUT2D eigenvalue weighted by Gasteiger charge is 2.19. The fourth-order valence-electron chi connectivity index (χ4n) is 9.89. The Bertz CT molecular complexity index is 1580. The van der Waals surface area contributed by atoms with Gasteiger partial charge in [-0.05, 0) is 103 Å². The monoisotopic (exact) mass is 1130 g/mol. The van der Waals surface area contributed by atoms with Crippen LogP contribution in [-0.4, -0.2) is 37.2 Å². The van der Waals surface area contributed by atoms with Gasteiger partial charge in [0.1, 0.15) is 13.2 Å². The molecule has 0 aromatic heterocycles. The molecule has 6 nitrogen and oxygen atoms in total. The summed E-state index contributed by atoms with van der Waals surface area (Å²) in [4.78, 5) is 38.4. The van der Waals surface area contributed by atoms with E-state index in [2.05, 4.69) is 118 Å². The molecule has 0 radical (unpaired) electrons. The number of esters is 3. The van der Waals surface area contributed by atoms with E-state index < -0.39 is 6.10 Å².